The molecule has 0 aliphatic heterocycles. The van der Waals surface area contributed by atoms with E-state index in [4.69, 9.17) is 11.5 Å². The van der Waals surface area contributed by atoms with E-state index in [0.717, 1.165) is 22.3 Å². The van der Waals surface area contributed by atoms with E-state index in [9.17, 15) is 16.8 Å². The zero-order chi connectivity index (χ0) is 28.1. The van der Waals surface area contributed by atoms with Crippen molar-refractivity contribution in [2.45, 2.75) is 48.8 Å². The Hall–Kier alpha value is -3.46. The van der Waals surface area contributed by atoms with E-state index in [-0.39, 0.29) is 34.9 Å². The van der Waals surface area contributed by atoms with Gasteiger partial charge in [-0.05, 0) is 25.0 Å². The van der Waals surface area contributed by atoms with Gasteiger partial charge >= 0.3 is 0 Å². The molecule has 2 aromatic carbocycles. The van der Waals surface area contributed by atoms with Crippen molar-refractivity contribution in [3.05, 3.63) is 82.4 Å². The lowest BCUT2D eigenvalue weighted by atomic mass is 10.1. The van der Waals surface area contributed by atoms with Crippen LogP contribution in [0, 0.1) is 13.8 Å². The van der Waals surface area contributed by atoms with Gasteiger partial charge in [0.1, 0.15) is 11.6 Å². The summed E-state index contributed by atoms with van der Waals surface area (Å²) in [6, 6.07) is 14.7. The molecule has 0 atom stereocenters. The Labute approximate surface area is 222 Å². The second-order valence-electron chi connectivity index (χ2n) is 8.82. The fourth-order valence-electron chi connectivity index (χ4n) is 3.88. The van der Waals surface area contributed by atoms with Gasteiger partial charge in [-0.1, -0.05) is 59.7 Å². The molecule has 12 nitrogen and oxygen atoms in total. The maximum atomic E-state index is 12.4. The van der Waals surface area contributed by atoms with Crippen LogP contribution in [-0.4, -0.2) is 46.4 Å². The van der Waals surface area contributed by atoms with Crippen LogP contribution in [0.25, 0.3) is 0 Å². The summed E-state index contributed by atoms with van der Waals surface area (Å²) in [5.74, 6) is 0.710. The molecule has 0 aliphatic rings. The van der Waals surface area contributed by atoms with Gasteiger partial charge in [0.2, 0.25) is 30.0 Å². The fraction of sp³-hybridized carbons (Fsp3) is 0.333. The van der Waals surface area contributed by atoms with Gasteiger partial charge < -0.3 is 20.6 Å². The van der Waals surface area contributed by atoms with Crippen LogP contribution in [0.5, 0.6) is 0 Å². The van der Waals surface area contributed by atoms with Crippen molar-refractivity contribution in [1.29, 1.82) is 0 Å². The number of hydrogen-bond donors (Lipinski definition) is 2. The molecule has 0 aliphatic carbocycles. The van der Waals surface area contributed by atoms with Gasteiger partial charge in [-0.25, -0.2) is 16.8 Å². The van der Waals surface area contributed by atoms with Gasteiger partial charge in [0, 0.05) is 14.1 Å². The minimum Gasteiger partial charge on any atom is -0.324 e. The highest BCUT2D eigenvalue weighted by atomic mass is 32.2. The van der Waals surface area contributed by atoms with Gasteiger partial charge in [-0.15, -0.1) is 20.4 Å². The number of nitrogens with zero attached hydrogens (tertiary/aromatic N) is 6. The Balaban J connectivity index is 0.000000212. The number of rotatable bonds is 8. The van der Waals surface area contributed by atoms with Crippen molar-refractivity contribution in [1.82, 2.24) is 29.5 Å². The van der Waals surface area contributed by atoms with Crippen LogP contribution >= 0.6 is 0 Å². The predicted molar refractivity (Wildman–Crippen MR) is 142 cm³/mol. The van der Waals surface area contributed by atoms with E-state index in [1.165, 1.54) is 9.13 Å². The Bertz CT molecular complexity index is 1590. The zero-order valence-electron chi connectivity index (χ0n) is 21.7. The van der Waals surface area contributed by atoms with Gasteiger partial charge in [0.05, 0.1) is 24.6 Å². The van der Waals surface area contributed by atoms with Gasteiger partial charge in [-0.3, -0.25) is 0 Å². The standard InChI is InChI=1S/C13H18N4O2S.C11H14N4O2S/c1-9-4-10(2)6-11(5-9)8-20(18,19)13-16-15-12(7-14)17(13)3;1-15-10(7-12)13-14-11(15)18(16,17)8-9-5-3-2-4-6-9/h4-6H,7-8,14H2,1-3H3;2-6H,7-8,12H2,1H3. The summed E-state index contributed by atoms with van der Waals surface area (Å²) in [6.07, 6.45) is 0. The van der Waals surface area contributed by atoms with E-state index in [1.807, 2.05) is 38.1 Å². The van der Waals surface area contributed by atoms with Crippen molar-refractivity contribution in [3.8, 4) is 0 Å². The highest BCUT2D eigenvalue weighted by Crippen LogP contribution is 2.18. The van der Waals surface area contributed by atoms with Crippen LogP contribution in [-0.2, 0) is 58.4 Å². The molecule has 4 N–H and O–H groups in total. The molecule has 2 heterocycles. The summed E-state index contributed by atoms with van der Waals surface area (Å²) in [4.78, 5) is 0. The first-order chi connectivity index (χ1) is 17.9. The van der Waals surface area contributed by atoms with Crippen LogP contribution < -0.4 is 11.5 Å². The molecular weight excluding hydrogens is 528 g/mol. The summed E-state index contributed by atoms with van der Waals surface area (Å²) < 4.78 is 52.0. The van der Waals surface area contributed by atoms with E-state index in [0.29, 0.717) is 11.6 Å². The highest BCUT2D eigenvalue weighted by molar-refractivity contribution is 7.90. The van der Waals surface area contributed by atoms with E-state index in [1.54, 1.807) is 38.4 Å². The molecule has 0 spiro atoms. The largest absolute Gasteiger partial charge is 0.324 e. The normalized spacial score (nSPS) is 11.7. The number of aryl methyl sites for hydroxylation is 2. The molecule has 2 aromatic heterocycles. The first-order valence-corrected chi connectivity index (χ1v) is 14.9. The molecule has 0 saturated heterocycles. The monoisotopic (exact) mass is 560 g/mol. The van der Waals surface area contributed by atoms with Crippen molar-refractivity contribution in [2.24, 2.45) is 25.6 Å². The Morgan fingerprint density at radius 3 is 1.47 bits per heavy atom. The quantitative estimate of drug-likeness (QED) is 0.317. The molecule has 0 amide bonds. The van der Waals surface area contributed by atoms with Crippen molar-refractivity contribution >= 4 is 19.7 Å². The lowest BCUT2D eigenvalue weighted by molar-refractivity contribution is 0.574. The molecule has 0 radical (unpaired) electrons. The summed E-state index contributed by atoms with van der Waals surface area (Å²) in [5, 5.41) is 14.9. The molecule has 4 aromatic rings. The van der Waals surface area contributed by atoms with Crippen molar-refractivity contribution in [3.63, 3.8) is 0 Å². The molecule has 204 valence electrons. The number of benzene rings is 2. The molecule has 0 unspecified atom stereocenters. The number of sulfone groups is 2. The van der Waals surface area contributed by atoms with Crippen LogP contribution in [0.4, 0.5) is 0 Å². The first-order valence-electron chi connectivity index (χ1n) is 11.6. The van der Waals surface area contributed by atoms with Crippen LogP contribution in [0.2, 0.25) is 0 Å². The molecule has 0 bridgehead atoms. The van der Waals surface area contributed by atoms with E-state index >= 15 is 0 Å². The lowest BCUT2D eigenvalue weighted by Crippen LogP contribution is -2.13. The van der Waals surface area contributed by atoms with Crippen LogP contribution in [0.15, 0.2) is 58.8 Å². The molecular formula is C24H32N8O4S2. The molecule has 4 rings (SSSR count). The fourth-order valence-corrected chi connectivity index (χ4v) is 6.75. The Morgan fingerprint density at radius 2 is 1.08 bits per heavy atom. The topological polar surface area (TPSA) is 182 Å². The second kappa shape index (κ2) is 11.9. The molecule has 0 saturated carbocycles. The zero-order valence-corrected chi connectivity index (χ0v) is 23.4. The third-order valence-corrected chi connectivity index (χ3v) is 8.86. The summed E-state index contributed by atoms with van der Waals surface area (Å²) in [5.41, 5.74) is 14.5. The Kier molecular flexibility index (Phi) is 9.14. The highest BCUT2D eigenvalue weighted by Gasteiger charge is 2.24. The van der Waals surface area contributed by atoms with E-state index < -0.39 is 19.7 Å². The second-order valence-corrected chi connectivity index (χ2v) is 12.6. The average molecular weight is 561 g/mol. The smallest absolute Gasteiger partial charge is 0.249 e. The average Bonchev–Trinajstić information content (AvgIpc) is 3.41. The third-order valence-electron chi connectivity index (χ3n) is 5.61. The van der Waals surface area contributed by atoms with Crippen LogP contribution in [0.3, 0.4) is 0 Å². The molecule has 0 fully saturated rings. The maximum absolute atomic E-state index is 12.4. The number of nitrogens with two attached hydrogens (primary N) is 2. The van der Waals surface area contributed by atoms with E-state index in [2.05, 4.69) is 20.4 Å². The first kappa shape index (κ1) is 29.1. The van der Waals surface area contributed by atoms with Gasteiger partial charge in [0.15, 0.2) is 0 Å². The third kappa shape index (κ3) is 6.89. The minimum absolute atomic E-state index is 0.0443. The summed E-state index contributed by atoms with van der Waals surface area (Å²) in [6.45, 7) is 4.20. The van der Waals surface area contributed by atoms with Crippen molar-refractivity contribution in [2.75, 3.05) is 0 Å². The summed E-state index contributed by atoms with van der Waals surface area (Å²) in [7, 11) is -3.83. The number of aromatic nitrogens is 6. The van der Waals surface area contributed by atoms with Crippen LogP contribution in [0.1, 0.15) is 33.9 Å². The molecule has 14 heteroatoms. The molecule has 38 heavy (non-hydrogen) atoms. The van der Waals surface area contributed by atoms with Gasteiger partial charge in [0.25, 0.3) is 0 Å². The summed E-state index contributed by atoms with van der Waals surface area (Å²) >= 11 is 0. The van der Waals surface area contributed by atoms with Gasteiger partial charge in [-0.2, -0.15) is 0 Å². The lowest BCUT2D eigenvalue weighted by Gasteiger charge is -2.07. The number of hydrogen-bond acceptors (Lipinski definition) is 10. The van der Waals surface area contributed by atoms with Crippen molar-refractivity contribution < 1.29 is 16.8 Å². The maximum Gasteiger partial charge on any atom is 0.249 e. The predicted octanol–water partition coefficient (Wildman–Crippen LogP) is 1.11. The SMILES string of the molecule is Cc1cc(C)cc(CS(=O)(=O)c2nnc(CN)n2C)c1.Cn1c(CN)nnc1S(=O)(=O)Cc1ccccc1. The Morgan fingerprint density at radius 1 is 0.658 bits per heavy atom. The minimum atomic E-state index is -3.53.